The molecule has 0 aliphatic rings. The lowest BCUT2D eigenvalue weighted by atomic mass is 10.1. The van der Waals surface area contributed by atoms with Crippen molar-refractivity contribution in [1.82, 2.24) is 10.2 Å². The first-order chi connectivity index (χ1) is 8.54. The van der Waals surface area contributed by atoms with E-state index >= 15 is 0 Å². The third kappa shape index (κ3) is 4.64. The van der Waals surface area contributed by atoms with Crippen LogP contribution < -0.4 is 5.32 Å². The molecule has 18 heavy (non-hydrogen) atoms. The van der Waals surface area contributed by atoms with Crippen molar-refractivity contribution >= 4 is 17.5 Å². The molecule has 100 valence electrons. The molecule has 0 heterocycles. The summed E-state index contributed by atoms with van der Waals surface area (Å²) < 4.78 is 0. The molecular formula is C13H19ClN2O2. The lowest BCUT2D eigenvalue weighted by Gasteiger charge is -2.15. The number of hydrogen-bond donors (Lipinski definition) is 2. The number of aliphatic hydroxyl groups is 1. The highest BCUT2D eigenvalue weighted by atomic mass is 35.5. The summed E-state index contributed by atoms with van der Waals surface area (Å²) >= 11 is 6.01. The quantitative estimate of drug-likeness (QED) is 0.816. The number of nitrogens with zero attached hydrogens (tertiary/aromatic N) is 1. The number of carbonyl (C=O) groups is 1. The summed E-state index contributed by atoms with van der Waals surface area (Å²) in [4.78, 5) is 13.4. The molecule has 0 radical (unpaired) electrons. The van der Waals surface area contributed by atoms with Gasteiger partial charge < -0.3 is 10.4 Å². The maximum Gasteiger partial charge on any atom is 0.234 e. The van der Waals surface area contributed by atoms with Gasteiger partial charge in [-0.25, -0.2) is 0 Å². The van der Waals surface area contributed by atoms with Crippen molar-refractivity contribution in [3.8, 4) is 0 Å². The first-order valence-corrected chi connectivity index (χ1v) is 6.22. The Balaban J connectivity index is 2.45. The molecular weight excluding hydrogens is 252 g/mol. The Hall–Kier alpha value is -1.10. The predicted octanol–water partition coefficient (Wildman–Crippen LogP) is 1.19. The molecule has 5 heteroatoms. The fourth-order valence-corrected chi connectivity index (χ4v) is 1.78. The standard InChI is InChI=1S/C13H19ClN2O2/c1-10-11(4-3-5-12(10)14)8-15-13(18)9-16(2)6-7-17/h3-5,17H,6-9H2,1-2H3,(H,15,18). The summed E-state index contributed by atoms with van der Waals surface area (Å²) in [6.45, 7) is 3.22. The molecule has 1 aromatic rings. The van der Waals surface area contributed by atoms with Gasteiger partial charge in [0.1, 0.15) is 0 Å². The van der Waals surface area contributed by atoms with Crippen LogP contribution in [-0.4, -0.2) is 42.7 Å². The van der Waals surface area contributed by atoms with Crippen molar-refractivity contribution < 1.29 is 9.90 Å². The summed E-state index contributed by atoms with van der Waals surface area (Å²) in [6, 6.07) is 5.64. The average molecular weight is 271 g/mol. The number of amides is 1. The first-order valence-electron chi connectivity index (χ1n) is 5.84. The van der Waals surface area contributed by atoms with E-state index in [0.29, 0.717) is 18.1 Å². The number of hydrogen-bond acceptors (Lipinski definition) is 3. The van der Waals surface area contributed by atoms with Crippen LogP contribution in [0.2, 0.25) is 5.02 Å². The van der Waals surface area contributed by atoms with Gasteiger partial charge in [-0.1, -0.05) is 23.7 Å². The second kappa shape index (κ2) is 7.36. The van der Waals surface area contributed by atoms with Gasteiger partial charge in [0.15, 0.2) is 0 Å². The molecule has 1 aromatic carbocycles. The Labute approximate surface area is 113 Å². The molecule has 0 unspecified atom stereocenters. The zero-order valence-electron chi connectivity index (χ0n) is 10.7. The number of nitrogens with one attached hydrogen (secondary N) is 1. The van der Waals surface area contributed by atoms with E-state index in [-0.39, 0.29) is 19.1 Å². The molecule has 0 aromatic heterocycles. The number of aliphatic hydroxyl groups excluding tert-OH is 1. The van der Waals surface area contributed by atoms with E-state index in [9.17, 15) is 4.79 Å². The highest BCUT2D eigenvalue weighted by Gasteiger charge is 2.07. The van der Waals surface area contributed by atoms with Crippen LogP contribution in [0.25, 0.3) is 0 Å². The summed E-state index contributed by atoms with van der Waals surface area (Å²) in [7, 11) is 1.79. The summed E-state index contributed by atoms with van der Waals surface area (Å²) in [5.74, 6) is -0.0645. The van der Waals surface area contributed by atoms with E-state index in [1.165, 1.54) is 0 Å². The lowest BCUT2D eigenvalue weighted by molar-refractivity contribution is -0.122. The third-order valence-corrected chi connectivity index (χ3v) is 3.16. The monoisotopic (exact) mass is 270 g/mol. The van der Waals surface area contributed by atoms with Gasteiger partial charge in [-0.05, 0) is 31.2 Å². The zero-order valence-corrected chi connectivity index (χ0v) is 11.5. The van der Waals surface area contributed by atoms with Crippen LogP contribution in [-0.2, 0) is 11.3 Å². The van der Waals surface area contributed by atoms with E-state index in [0.717, 1.165) is 11.1 Å². The highest BCUT2D eigenvalue weighted by Crippen LogP contribution is 2.18. The molecule has 1 amide bonds. The van der Waals surface area contributed by atoms with Crippen molar-refractivity contribution in [1.29, 1.82) is 0 Å². The second-order valence-electron chi connectivity index (χ2n) is 4.26. The van der Waals surface area contributed by atoms with Crippen LogP contribution in [0, 0.1) is 6.92 Å². The van der Waals surface area contributed by atoms with E-state index in [1.807, 2.05) is 25.1 Å². The number of carbonyl (C=O) groups excluding carboxylic acids is 1. The number of halogens is 1. The molecule has 0 bridgehead atoms. The molecule has 4 nitrogen and oxygen atoms in total. The molecule has 0 fully saturated rings. The molecule has 0 atom stereocenters. The van der Waals surface area contributed by atoms with Crippen molar-refractivity contribution in [2.45, 2.75) is 13.5 Å². The third-order valence-electron chi connectivity index (χ3n) is 2.75. The Bertz CT molecular complexity index is 410. The van der Waals surface area contributed by atoms with Crippen LogP contribution in [0.3, 0.4) is 0 Å². The van der Waals surface area contributed by atoms with E-state index in [1.54, 1.807) is 11.9 Å². The summed E-state index contributed by atoms with van der Waals surface area (Å²) in [5, 5.41) is 12.3. The van der Waals surface area contributed by atoms with Crippen LogP contribution in [0.5, 0.6) is 0 Å². The Kier molecular flexibility index (Phi) is 6.12. The molecule has 0 saturated carbocycles. The Morgan fingerprint density at radius 3 is 2.89 bits per heavy atom. The van der Waals surface area contributed by atoms with Gasteiger partial charge in [0.05, 0.1) is 13.2 Å². The smallest absolute Gasteiger partial charge is 0.234 e. The average Bonchev–Trinajstić information content (AvgIpc) is 2.31. The lowest BCUT2D eigenvalue weighted by Crippen LogP contribution is -2.36. The topological polar surface area (TPSA) is 52.6 Å². The van der Waals surface area contributed by atoms with Crippen molar-refractivity contribution in [3.63, 3.8) is 0 Å². The summed E-state index contributed by atoms with van der Waals surface area (Å²) in [5.41, 5.74) is 2.00. The molecule has 0 aliphatic carbocycles. The van der Waals surface area contributed by atoms with E-state index < -0.39 is 0 Å². The Morgan fingerprint density at radius 2 is 2.22 bits per heavy atom. The van der Waals surface area contributed by atoms with Crippen LogP contribution in [0.15, 0.2) is 18.2 Å². The van der Waals surface area contributed by atoms with Crippen LogP contribution >= 0.6 is 11.6 Å². The fourth-order valence-electron chi connectivity index (χ4n) is 1.59. The van der Waals surface area contributed by atoms with E-state index in [2.05, 4.69) is 5.32 Å². The molecule has 0 saturated heterocycles. The van der Waals surface area contributed by atoms with Gasteiger partial charge in [0.2, 0.25) is 5.91 Å². The highest BCUT2D eigenvalue weighted by molar-refractivity contribution is 6.31. The largest absolute Gasteiger partial charge is 0.395 e. The first kappa shape index (κ1) is 15.0. The molecule has 0 aliphatic heterocycles. The van der Waals surface area contributed by atoms with Crippen molar-refractivity contribution in [2.75, 3.05) is 26.7 Å². The van der Waals surface area contributed by atoms with Gasteiger partial charge in [-0.2, -0.15) is 0 Å². The normalized spacial score (nSPS) is 10.7. The number of benzene rings is 1. The second-order valence-corrected chi connectivity index (χ2v) is 4.67. The molecule has 2 N–H and O–H groups in total. The number of rotatable bonds is 6. The minimum Gasteiger partial charge on any atom is -0.395 e. The van der Waals surface area contributed by atoms with Crippen LogP contribution in [0.1, 0.15) is 11.1 Å². The van der Waals surface area contributed by atoms with Gasteiger partial charge in [-0.3, -0.25) is 9.69 Å². The number of likely N-dealkylation sites (N-methyl/N-ethyl adjacent to an activating group) is 1. The molecule has 0 spiro atoms. The van der Waals surface area contributed by atoms with E-state index in [4.69, 9.17) is 16.7 Å². The van der Waals surface area contributed by atoms with Gasteiger partial charge >= 0.3 is 0 Å². The van der Waals surface area contributed by atoms with Gasteiger partial charge in [0, 0.05) is 18.1 Å². The Morgan fingerprint density at radius 1 is 1.50 bits per heavy atom. The minimum absolute atomic E-state index is 0.0528. The maximum atomic E-state index is 11.6. The minimum atomic E-state index is -0.0645. The van der Waals surface area contributed by atoms with Crippen molar-refractivity contribution in [2.24, 2.45) is 0 Å². The predicted molar refractivity (Wildman–Crippen MR) is 72.6 cm³/mol. The maximum absolute atomic E-state index is 11.6. The molecule has 1 rings (SSSR count). The fraction of sp³-hybridized carbons (Fsp3) is 0.462. The van der Waals surface area contributed by atoms with Gasteiger partial charge in [-0.15, -0.1) is 0 Å². The SMILES string of the molecule is Cc1c(Cl)cccc1CNC(=O)CN(C)CCO. The summed E-state index contributed by atoms with van der Waals surface area (Å²) in [6.07, 6.45) is 0. The van der Waals surface area contributed by atoms with Gasteiger partial charge in [0.25, 0.3) is 0 Å². The van der Waals surface area contributed by atoms with Crippen LogP contribution in [0.4, 0.5) is 0 Å². The van der Waals surface area contributed by atoms with Crippen molar-refractivity contribution in [3.05, 3.63) is 34.3 Å². The zero-order chi connectivity index (χ0) is 13.5.